The molecule has 4 aromatic rings. The molecule has 1 N–H and O–H groups in total. The van der Waals surface area contributed by atoms with Crippen LogP contribution in [-0.4, -0.2) is 18.0 Å². The SMILES string of the molecule is COc1cc2occ(-c3ccc(C)cc3C)c2cc1/C(C)=C/C(=O)Nc1cc(C)ccn1. The van der Waals surface area contributed by atoms with Gasteiger partial charge in [0, 0.05) is 34.9 Å². The summed E-state index contributed by atoms with van der Waals surface area (Å²) in [6.45, 7) is 8.03. The summed E-state index contributed by atoms with van der Waals surface area (Å²) in [5.41, 5.74) is 7.92. The number of ether oxygens (including phenoxy) is 1. The minimum atomic E-state index is -0.246. The van der Waals surface area contributed by atoms with Gasteiger partial charge in [-0.3, -0.25) is 4.79 Å². The number of furan rings is 1. The summed E-state index contributed by atoms with van der Waals surface area (Å²) in [6.07, 6.45) is 5.01. The van der Waals surface area contributed by atoms with E-state index in [-0.39, 0.29) is 5.91 Å². The number of pyridine rings is 1. The van der Waals surface area contributed by atoms with Gasteiger partial charge in [-0.1, -0.05) is 23.8 Å². The molecule has 5 heteroatoms. The van der Waals surface area contributed by atoms with Gasteiger partial charge in [0.1, 0.15) is 17.2 Å². The second-order valence-electron chi connectivity index (χ2n) is 8.05. The average Bonchev–Trinajstić information content (AvgIpc) is 3.15. The predicted octanol–water partition coefficient (Wildman–Crippen LogP) is 6.47. The van der Waals surface area contributed by atoms with Crippen LogP contribution >= 0.6 is 0 Å². The number of rotatable bonds is 5. The third-order valence-corrected chi connectivity index (χ3v) is 5.51. The molecule has 0 fully saturated rings. The van der Waals surface area contributed by atoms with E-state index in [1.54, 1.807) is 25.6 Å². The highest BCUT2D eigenvalue weighted by Crippen LogP contribution is 2.38. The number of carbonyl (C=O) groups excluding carboxylic acids is 1. The maximum atomic E-state index is 12.6. The van der Waals surface area contributed by atoms with Gasteiger partial charge < -0.3 is 14.5 Å². The maximum Gasteiger partial charge on any atom is 0.249 e. The van der Waals surface area contributed by atoms with Gasteiger partial charge in [-0.2, -0.15) is 0 Å². The van der Waals surface area contributed by atoms with Crippen LogP contribution in [0.1, 0.15) is 29.2 Å². The number of amides is 1. The number of nitrogens with zero attached hydrogens (tertiary/aromatic N) is 1. The Morgan fingerprint density at radius 2 is 1.81 bits per heavy atom. The molecular formula is C27H26N2O3. The molecule has 0 aliphatic rings. The molecule has 0 saturated heterocycles. The minimum Gasteiger partial charge on any atom is -0.496 e. The average molecular weight is 427 g/mol. The fourth-order valence-corrected chi connectivity index (χ4v) is 3.90. The van der Waals surface area contributed by atoms with Crippen LogP contribution in [0.5, 0.6) is 5.75 Å². The van der Waals surface area contributed by atoms with Crippen LogP contribution in [0, 0.1) is 20.8 Å². The second kappa shape index (κ2) is 8.71. The fourth-order valence-electron chi connectivity index (χ4n) is 3.90. The molecule has 5 nitrogen and oxygen atoms in total. The third kappa shape index (κ3) is 4.28. The Labute approximate surface area is 187 Å². The molecule has 4 rings (SSSR count). The first-order chi connectivity index (χ1) is 15.4. The number of carbonyl (C=O) groups is 1. The molecular weight excluding hydrogens is 400 g/mol. The molecule has 0 aliphatic heterocycles. The van der Waals surface area contributed by atoms with Crippen molar-refractivity contribution >= 4 is 28.3 Å². The topological polar surface area (TPSA) is 64.4 Å². The zero-order valence-corrected chi connectivity index (χ0v) is 18.9. The van der Waals surface area contributed by atoms with Gasteiger partial charge in [0.15, 0.2) is 0 Å². The largest absolute Gasteiger partial charge is 0.496 e. The van der Waals surface area contributed by atoms with Crippen molar-refractivity contribution in [3.63, 3.8) is 0 Å². The number of methoxy groups -OCH3 is 1. The van der Waals surface area contributed by atoms with Crippen molar-refractivity contribution in [1.29, 1.82) is 0 Å². The Kier molecular flexibility index (Phi) is 5.82. The van der Waals surface area contributed by atoms with E-state index in [1.165, 1.54) is 11.1 Å². The van der Waals surface area contributed by atoms with E-state index < -0.39 is 0 Å². The number of allylic oxidation sites excluding steroid dienone is 1. The lowest BCUT2D eigenvalue weighted by molar-refractivity contribution is -0.111. The third-order valence-electron chi connectivity index (χ3n) is 5.51. The Balaban J connectivity index is 1.74. The molecule has 0 aliphatic carbocycles. The van der Waals surface area contributed by atoms with Crippen molar-refractivity contribution in [3.05, 3.63) is 83.3 Å². The monoisotopic (exact) mass is 426 g/mol. The van der Waals surface area contributed by atoms with Crippen molar-refractivity contribution in [2.45, 2.75) is 27.7 Å². The van der Waals surface area contributed by atoms with Gasteiger partial charge in [0.25, 0.3) is 0 Å². The molecule has 0 spiro atoms. The number of aromatic nitrogens is 1. The van der Waals surface area contributed by atoms with E-state index in [2.05, 4.69) is 42.3 Å². The van der Waals surface area contributed by atoms with Gasteiger partial charge in [0.05, 0.1) is 13.4 Å². The Hall–Kier alpha value is -3.86. The number of hydrogen-bond donors (Lipinski definition) is 1. The highest BCUT2D eigenvalue weighted by molar-refractivity contribution is 6.05. The summed E-state index contributed by atoms with van der Waals surface area (Å²) in [6, 6.07) is 14.0. The molecule has 0 saturated carbocycles. The number of nitrogens with one attached hydrogen (secondary N) is 1. The standard InChI is InChI=1S/C27H26N2O3/c1-16-6-7-20(18(3)10-16)23-15-32-25-14-24(31-5)21(13-22(23)25)19(4)12-27(30)29-26-11-17(2)8-9-28-26/h6-15H,1-5H3,(H,28,29,30)/b19-12+. The van der Waals surface area contributed by atoms with Crippen molar-refractivity contribution in [2.75, 3.05) is 12.4 Å². The van der Waals surface area contributed by atoms with E-state index in [0.29, 0.717) is 11.6 Å². The first-order valence-electron chi connectivity index (χ1n) is 10.4. The summed E-state index contributed by atoms with van der Waals surface area (Å²) in [4.78, 5) is 16.8. The zero-order valence-electron chi connectivity index (χ0n) is 18.9. The van der Waals surface area contributed by atoms with Crippen LogP contribution in [0.15, 0.2) is 65.4 Å². The Morgan fingerprint density at radius 3 is 2.53 bits per heavy atom. The van der Waals surface area contributed by atoms with Crippen LogP contribution in [0.25, 0.3) is 27.7 Å². The van der Waals surface area contributed by atoms with Gasteiger partial charge in [-0.25, -0.2) is 4.98 Å². The van der Waals surface area contributed by atoms with E-state index in [1.807, 2.05) is 38.1 Å². The van der Waals surface area contributed by atoms with Gasteiger partial charge >= 0.3 is 0 Å². The van der Waals surface area contributed by atoms with E-state index in [4.69, 9.17) is 9.15 Å². The van der Waals surface area contributed by atoms with Gasteiger partial charge in [-0.15, -0.1) is 0 Å². The summed E-state index contributed by atoms with van der Waals surface area (Å²) in [7, 11) is 1.61. The summed E-state index contributed by atoms with van der Waals surface area (Å²) in [5.74, 6) is 0.923. The molecule has 2 aromatic heterocycles. The Morgan fingerprint density at radius 1 is 1.03 bits per heavy atom. The zero-order chi connectivity index (χ0) is 22.8. The predicted molar refractivity (Wildman–Crippen MR) is 129 cm³/mol. The number of aryl methyl sites for hydroxylation is 3. The van der Waals surface area contributed by atoms with E-state index in [9.17, 15) is 4.79 Å². The van der Waals surface area contributed by atoms with Crippen molar-refractivity contribution in [1.82, 2.24) is 4.98 Å². The van der Waals surface area contributed by atoms with E-state index in [0.717, 1.165) is 38.8 Å². The molecule has 0 unspecified atom stereocenters. The molecule has 0 atom stereocenters. The number of fused-ring (bicyclic) bond motifs is 1. The van der Waals surface area contributed by atoms with Crippen LogP contribution in [0.3, 0.4) is 0 Å². The molecule has 2 aromatic carbocycles. The molecule has 0 radical (unpaired) electrons. The van der Waals surface area contributed by atoms with Crippen molar-refractivity contribution in [2.24, 2.45) is 0 Å². The summed E-state index contributed by atoms with van der Waals surface area (Å²) >= 11 is 0. The van der Waals surface area contributed by atoms with E-state index >= 15 is 0 Å². The van der Waals surface area contributed by atoms with Crippen LogP contribution in [0.2, 0.25) is 0 Å². The lowest BCUT2D eigenvalue weighted by Crippen LogP contribution is -2.10. The maximum absolute atomic E-state index is 12.6. The lowest BCUT2D eigenvalue weighted by atomic mass is 9.96. The minimum absolute atomic E-state index is 0.246. The number of hydrogen-bond acceptors (Lipinski definition) is 4. The summed E-state index contributed by atoms with van der Waals surface area (Å²) < 4.78 is 11.4. The van der Waals surface area contributed by atoms with Crippen LogP contribution < -0.4 is 10.1 Å². The molecule has 2 heterocycles. The highest BCUT2D eigenvalue weighted by Gasteiger charge is 2.16. The highest BCUT2D eigenvalue weighted by atomic mass is 16.5. The van der Waals surface area contributed by atoms with Gasteiger partial charge in [-0.05, 0) is 68.2 Å². The summed E-state index contributed by atoms with van der Waals surface area (Å²) in [5, 5.41) is 3.79. The smallest absolute Gasteiger partial charge is 0.249 e. The van der Waals surface area contributed by atoms with Crippen LogP contribution in [-0.2, 0) is 4.79 Å². The molecule has 32 heavy (non-hydrogen) atoms. The number of benzene rings is 2. The molecule has 0 bridgehead atoms. The first-order valence-corrected chi connectivity index (χ1v) is 10.4. The quantitative estimate of drug-likeness (QED) is 0.371. The van der Waals surface area contributed by atoms with Crippen molar-refractivity contribution in [3.8, 4) is 16.9 Å². The Bertz CT molecular complexity index is 1350. The fraction of sp³-hybridized carbons (Fsp3) is 0.185. The molecule has 1 amide bonds. The number of anilines is 1. The second-order valence-corrected chi connectivity index (χ2v) is 8.05. The first kappa shape index (κ1) is 21.4. The van der Waals surface area contributed by atoms with Gasteiger partial charge in [0.2, 0.25) is 5.91 Å². The van der Waals surface area contributed by atoms with Crippen molar-refractivity contribution < 1.29 is 13.9 Å². The van der Waals surface area contributed by atoms with Crippen LogP contribution in [0.4, 0.5) is 5.82 Å². The normalized spacial score (nSPS) is 11.6. The molecule has 162 valence electrons. The lowest BCUT2D eigenvalue weighted by Gasteiger charge is -2.11.